The molecule has 122 valence electrons. The Labute approximate surface area is 141 Å². The number of carbonyl (C=O) groups excluding carboxylic acids is 1. The minimum absolute atomic E-state index is 0.207. The summed E-state index contributed by atoms with van der Waals surface area (Å²) in [6.45, 7) is 4.51. The maximum Gasteiger partial charge on any atom is 0.227 e. The van der Waals surface area contributed by atoms with Gasteiger partial charge in [0.05, 0.1) is 12.1 Å². The van der Waals surface area contributed by atoms with Gasteiger partial charge in [0.25, 0.3) is 0 Å². The van der Waals surface area contributed by atoms with E-state index < -0.39 is 0 Å². The Morgan fingerprint density at radius 2 is 2.17 bits per heavy atom. The summed E-state index contributed by atoms with van der Waals surface area (Å²) in [5.74, 6) is 1.21. The maximum absolute atomic E-state index is 12.5. The molecule has 6 heteroatoms. The zero-order valence-corrected chi connectivity index (χ0v) is 14.5. The molecule has 0 saturated carbocycles. The predicted molar refractivity (Wildman–Crippen MR) is 93.0 cm³/mol. The highest BCUT2D eigenvalue weighted by atomic mass is 32.1. The van der Waals surface area contributed by atoms with Crippen LogP contribution in [0.4, 0.5) is 5.82 Å². The first-order chi connectivity index (χ1) is 11.2. The Morgan fingerprint density at radius 1 is 1.35 bits per heavy atom. The number of fused-ring (bicyclic) bond motifs is 1. The van der Waals surface area contributed by atoms with E-state index >= 15 is 0 Å². The molecule has 1 amide bonds. The van der Waals surface area contributed by atoms with Crippen LogP contribution in [-0.2, 0) is 24.1 Å². The molecule has 23 heavy (non-hydrogen) atoms. The van der Waals surface area contributed by atoms with Crippen LogP contribution >= 0.6 is 11.3 Å². The van der Waals surface area contributed by atoms with Gasteiger partial charge in [-0.05, 0) is 24.8 Å². The third kappa shape index (κ3) is 3.52. The van der Waals surface area contributed by atoms with Crippen molar-refractivity contribution in [3.63, 3.8) is 0 Å². The summed E-state index contributed by atoms with van der Waals surface area (Å²) in [6.07, 6.45) is 3.77. The number of aromatic nitrogens is 2. The van der Waals surface area contributed by atoms with Crippen molar-refractivity contribution in [3.05, 3.63) is 40.0 Å². The number of nitrogens with zero attached hydrogens (tertiary/aromatic N) is 4. The molecule has 0 saturated heterocycles. The number of hydrogen-bond donors (Lipinski definition) is 0. The van der Waals surface area contributed by atoms with Gasteiger partial charge in [0.2, 0.25) is 5.91 Å². The van der Waals surface area contributed by atoms with Gasteiger partial charge in [-0.1, -0.05) is 6.07 Å². The molecule has 0 N–H and O–H groups in total. The summed E-state index contributed by atoms with van der Waals surface area (Å²) in [7, 11) is 2.05. The molecule has 3 heterocycles. The molecule has 0 fully saturated rings. The van der Waals surface area contributed by atoms with E-state index in [2.05, 4.69) is 21.8 Å². The molecular weight excluding hydrogens is 308 g/mol. The van der Waals surface area contributed by atoms with Gasteiger partial charge in [-0.2, -0.15) is 0 Å². The van der Waals surface area contributed by atoms with Gasteiger partial charge in [0.15, 0.2) is 0 Å². The van der Waals surface area contributed by atoms with Gasteiger partial charge in [-0.15, -0.1) is 11.3 Å². The molecule has 2 aromatic heterocycles. The van der Waals surface area contributed by atoms with Crippen molar-refractivity contribution in [2.45, 2.75) is 26.2 Å². The second kappa shape index (κ2) is 7.08. The summed E-state index contributed by atoms with van der Waals surface area (Å²) >= 11 is 1.64. The lowest BCUT2D eigenvalue weighted by Crippen LogP contribution is -2.34. The Balaban J connectivity index is 1.73. The van der Waals surface area contributed by atoms with Gasteiger partial charge < -0.3 is 9.80 Å². The average Bonchev–Trinajstić information content (AvgIpc) is 2.97. The highest BCUT2D eigenvalue weighted by Gasteiger charge is 2.22. The van der Waals surface area contributed by atoms with E-state index in [1.807, 2.05) is 29.5 Å². The fourth-order valence-electron chi connectivity index (χ4n) is 2.91. The lowest BCUT2D eigenvalue weighted by atomic mass is 10.1. The Morgan fingerprint density at radius 3 is 2.91 bits per heavy atom. The first-order valence-electron chi connectivity index (χ1n) is 8.03. The van der Waals surface area contributed by atoms with E-state index in [0.717, 1.165) is 48.9 Å². The molecule has 0 aliphatic carbocycles. The zero-order valence-electron chi connectivity index (χ0n) is 13.7. The maximum atomic E-state index is 12.5. The molecule has 1 aliphatic rings. The molecular formula is C17H22N4OS. The largest absolute Gasteiger partial charge is 0.360 e. The molecule has 1 aliphatic heterocycles. The van der Waals surface area contributed by atoms with Gasteiger partial charge in [-0.3, -0.25) is 4.79 Å². The lowest BCUT2D eigenvalue weighted by Gasteiger charge is -2.21. The van der Waals surface area contributed by atoms with E-state index in [1.165, 1.54) is 5.56 Å². The number of carbonyl (C=O) groups is 1. The quantitative estimate of drug-likeness (QED) is 0.862. The predicted octanol–water partition coefficient (Wildman–Crippen LogP) is 2.16. The Kier molecular flexibility index (Phi) is 4.91. The smallest absolute Gasteiger partial charge is 0.227 e. The van der Waals surface area contributed by atoms with Crippen LogP contribution in [0.1, 0.15) is 23.1 Å². The summed E-state index contributed by atoms with van der Waals surface area (Å²) in [5, 5.41) is 2.02. The van der Waals surface area contributed by atoms with E-state index in [1.54, 1.807) is 17.7 Å². The van der Waals surface area contributed by atoms with E-state index in [4.69, 9.17) is 0 Å². The molecule has 3 rings (SSSR count). The van der Waals surface area contributed by atoms with Crippen LogP contribution in [-0.4, -0.2) is 47.5 Å². The standard InChI is InChI=1S/C17H22N4OS/c1-3-20(2)17-14-6-8-21(9-7-15(14)18-12-19-17)16(22)11-13-5-4-10-23-13/h4-5,10,12H,3,6-9,11H2,1-2H3. The molecule has 0 atom stereocenters. The Hall–Kier alpha value is -1.95. The van der Waals surface area contributed by atoms with Crippen LogP contribution in [0.2, 0.25) is 0 Å². The van der Waals surface area contributed by atoms with Gasteiger partial charge in [0.1, 0.15) is 12.1 Å². The van der Waals surface area contributed by atoms with Crippen LogP contribution in [0, 0.1) is 0 Å². The SMILES string of the molecule is CCN(C)c1ncnc2c1CCN(C(=O)Cc1cccs1)CC2. The number of anilines is 1. The van der Waals surface area contributed by atoms with Crippen molar-refractivity contribution in [2.24, 2.45) is 0 Å². The summed E-state index contributed by atoms with van der Waals surface area (Å²) in [4.78, 5) is 26.7. The van der Waals surface area contributed by atoms with Crippen molar-refractivity contribution >= 4 is 23.1 Å². The minimum Gasteiger partial charge on any atom is -0.360 e. The third-order valence-corrected chi connectivity index (χ3v) is 5.23. The van der Waals surface area contributed by atoms with Crippen molar-refractivity contribution < 1.29 is 4.79 Å². The van der Waals surface area contributed by atoms with Crippen molar-refractivity contribution in [1.82, 2.24) is 14.9 Å². The summed E-state index contributed by atoms with van der Waals surface area (Å²) in [6, 6.07) is 4.02. The van der Waals surface area contributed by atoms with Crippen molar-refractivity contribution in [1.29, 1.82) is 0 Å². The zero-order chi connectivity index (χ0) is 16.2. The van der Waals surface area contributed by atoms with Gasteiger partial charge in [-0.25, -0.2) is 9.97 Å². The second-order valence-corrected chi connectivity index (χ2v) is 6.81. The number of thiophene rings is 1. The van der Waals surface area contributed by atoms with E-state index in [0.29, 0.717) is 6.42 Å². The second-order valence-electron chi connectivity index (χ2n) is 5.77. The lowest BCUT2D eigenvalue weighted by molar-refractivity contribution is -0.130. The minimum atomic E-state index is 0.207. The summed E-state index contributed by atoms with van der Waals surface area (Å²) < 4.78 is 0. The topological polar surface area (TPSA) is 49.3 Å². The highest BCUT2D eigenvalue weighted by molar-refractivity contribution is 7.10. The summed E-state index contributed by atoms with van der Waals surface area (Å²) in [5.41, 5.74) is 2.28. The third-order valence-electron chi connectivity index (χ3n) is 4.36. The Bertz CT molecular complexity index is 671. The molecule has 0 radical (unpaired) electrons. The van der Waals surface area contributed by atoms with Crippen LogP contribution in [0.3, 0.4) is 0 Å². The molecule has 5 nitrogen and oxygen atoms in total. The number of hydrogen-bond acceptors (Lipinski definition) is 5. The van der Waals surface area contributed by atoms with Crippen molar-refractivity contribution in [3.8, 4) is 0 Å². The van der Waals surface area contributed by atoms with E-state index in [9.17, 15) is 4.79 Å². The molecule has 0 bridgehead atoms. The average molecular weight is 330 g/mol. The van der Waals surface area contributed by atoms with Gasteiger partial charge in [0, 0.05) is 43.5 Å². The van der Waals surface area contributed by atoms with E-state index in [-0.39, 0.29) is 5.91 Å². The number of rotatable bonds is 4. The monoisotopic (exact) mass is 330 g/mol. The molecule has 2 aromatic rings. The fraction of sp³-hybridized carbons (Fsp3) is 0.471. The molecule has 0 unspecified atom stereocenters. The first-order valence-corrected chi connectivity index (χ1v) is 8.91. The number of amides is 1. The van der Waals surface area contributed by atoms with Crippen LogP contribution in [0.15, 0.2) is 23.8 Å². The highest BCUT2D eigenvalue weighted by Crippen LogP contribution is 2.23. The fourth-order valence-corrected chi connectivity index (χ4v) is 3.61. The molecule has 0 aromatic carbocycles. The van der Waals surface area contributed by atoms with Crippen LogP contribution in [0.5, 0.6) is 0 Å². The molecule has 0 spiro atoms. The normalized spacial score (nSPS) is 14.3. The van der Waals surface area contributed by atoms with Gasteiger partial charge >= 0.3 is 0 Å². The first kappa shape index (κ1) is 15.9. The van der Waals surface area contributed by atoms with Crippen LogP contribution in [0.25, 0.3) is 0 Å². The van der Waals surface area contributed by atoms with Crippen molar-refractivity contribution in [2.75, 3.05) is 31.6 Å². The van der Waals surface area contributed by atoms with Crippen LogP contribution < -0.4 is 4.90 Å².